The summed E-state index contributed by atoms with van der Waals surface area (Å²) < 4.78 is 3.19. The second-order valence-corrected chi connectivity index (χ2v) is 15.9. The summed E-state index contributed by atoms with van der Waals surface area (Å²) in [5.41, 5.74) is 4.85. The molecule has 2 fully saturated rings. The summed E-state index contributed by atoms with van der Waals surface area (Å²) in [6.07, 6.45) is 7.05. The highest BCUT2D eigenvalue weighted by atomic mass is 16.3. The average molecular weight is 856 g/mol. The minimum Gasteiger partial charge on any atom is -0.387 e. The number of unbranched alkanes of at least 4 members (excludes halogenated alkanes) is 2. The molecule has 328 valence electrons. The Kier molecular flexibility index (Phi) is 12.8. The van der Waals surface area contributed by atoms with Crippen molar-refractivity contribution in [2.75, 3.05) is 54.8 Å². The Hall–Kier alpha value is -6.72. The molecule has 1 aliphatic carbocycles. The van der Waals surface area contributed by atoms with E-state index in [4.69, 9.17) is 9.97 Å². The monoisotopic (exact) mass is 855 g/mol. The van der Waals surface area contributed by atoms with Crippen molar-refractivity contribution in [1.82, 2.24) is 39.4 Å². The molecule has 2 atom stereocenters. The van der Waals surface area contributed by atoms with E-state index in [-0.39, 0.29) is 36.1 Å². The molecule has 2 saturated heterocycles. The van der Waals surface area contributed by atoms with Gasteiger partial charge in [-0.15, -0.1) is 6.58 Å². The van der Waals surface area contributed by atoms with Gasteiger partial charge in [0.2, 0.25) is 17.8 Å². The number of nitrogens with one attached hydrogen (secondary N) is 3. The Morgan fingerprint density at radius 3 is 2.44 bits per heavy atom. The van der Waals surface area contributed by atoms with Gasteiger partial charge in [0.1, 0.15) is 11.4 Å². The quantitative estimate of drug-likeness (QED) is 0.0681. The van der Waals surface area contributed by atoms with Crippen LogP contribution in [0.2, 0.25) is 0 Å². The lowest BCUT2D eigenvalue weighted by Crippen LogP contribution is -2.54. The van der Waals surface area contributed by atoms with Crippen molar-refractivity contribution < 1.29 is 24.3 Å². The molecule has 2 aromatic carbocycles. The molecular formula is C46H53N11O6. The third-order valence-corrected chi connectivity index (χ3v) is 12.0. The molecule has 4 aliphatic rings. The number of allylic oxidation sites excluding steroid dienone is 1. The molecule has 5 aromatic rings. The maximum absolute atomic E-state index is 13.4. The van der Waals surface area contributed by atoms with Crippen LogP contribution in [0.25, 0.3) is 16.9 Å². The third kappa shape index (κ3) is 8.57. The second-order valence-electron chi connectivity index (χ2n) is 15.9. The number of piperidine rings is 1. The molecule has 63 heavy (non-hydrogen) atoms. The number of aliphatic hydroxyl groups excluding tert-OH is 1. The number of benzene rings is 2. The number of piperazine rings is 1. The number of hydrogen-bond acceptors (Lipinski definition) is 13. The summed E-state index contributed by atoms with van der Waals surface area (Å²) >= 11 is 0. The number of carbonyl (C=O) groups excluding carboxylic acids is 4. The van der Waals surface area contributed by atoms with Crippen molar-refractivity contribution in [3.05, 3.63) is 106 Å². The minimum atomic E-state index is -0.990. The zero-order valence-electron chi connectivity index (χ0n) is 35.7. The van der Waals surface area contributed by atoms with Crippen LogP contribution in [-0.4, -0.2) is 108 Å². The van der Waals surface area contributed by atoms with E-state index >= 15 is 0 Å². The SMILES string of the molecule is C=CCn1c(=O)c2cnc(Nc3ccc(N4CCN(CCCCCNc5cccc6c5C(=O)N(C5CCC(=O)NC5=O)C6=O)CC4)cc3)nc2n1-c1ccc2c(n1)C(O)CC2.CC. The normalized spacial score (nSPS) is 18.5. The van der Waals surface area contributed by atoms with Crippen molar-refractivity contribution in [2.24, 2.45) is 0 Å². The topological polar surface area (TPSA) is 200 Å². The number of fused-ring (bicyclic) bond motifs is 3. The van der Waals surface area contributed by atoms with E-state index in [2.05, 4.69) is 49.4 Å². The smallest absolute Gasteiger partial charge is 0.278 e. The zero-order valence-corrected chi connectivity index (χ0v) is 35.7. The molecule has 0 radical (unpaired) electrons. The molecule has 9 rings (SSSR count). The van der Waals surface area contributed by atoms with E-state index in [1.807, 2.05) is 38.1 Å². The number of carbonyl (C=O) groups is 4. The first-order valence-corrected chi connectivity index (χ1v) is 21.9. The van der Waals surface area contributed by atoms with Crippen molar-refractivity contribution >= 4 is 57.7 Å². The average Bonchev–Trinajstić information content (AvgIpc) is 3.90. The molecule has 3 aromatic heterocycles. The van der Waals surface area contributed by atoms with E-state index in [0.717, 1.165) is 80.2 Å². The number of rotatable bonds is 14. The van der Waals surface area contributed by atoms with Gasteiger partial charge in [-0.25, -0.2) is 19.3 Å². The Balaban J connectivity index is 0.00000268. The Labute approximate surface area is 364 Å². The summed E-state index contributed by atoms with van der Waals surface area (Å²) in [6, 6.07) is 16.1. The van der Waals surface area contributed by atoms with Crippen LogP contribution in [0.3, 0.4) is 0 Å². The van der Waals surface area contributed by atoms with E-state index < -0.39 is 35.8 Å². The molecule has 0 bridgehead atoms. The fourth-order valence-electron chi connectivity index (χ4n) is 8.79. The second kappa shape index (κ2) is 18.7. The van der Waals surface area contributed by atoms with Gasteiger partial charge in [-0.1, -0.05) is 38.5 Å². The Morgan fingerprint density at radius 1 is 0.889 bits per heavy atom. The van der Waals surface area contributed by atoms with Gasteiger partial charge in [0, 0.05) is 62.4 Å². The highest BCUT2D eigenvalue weighted by Gasteiger charge is 2.45. The van der Waals surface area contributed by atoms with Crippen molar-refractivity contribution in [3.8, 4) is 5.82 Å². The van der Waals surface area contributed by atoms with Gasteiger partial charge in [-0.2, -0.15) is 4.98 Å². The zero-order chi connectivity index (χ0) is 44.2. The van der Waals surface area contributed by atoms with Gasteiger partial charge in [-0.3, -0.25) is 39.1 Å². The molecule has 0 spiro atoms. The fraction of sp³-hybridized carbons (Fsp3) is 0.391. The van der Waals surface area contributed by atoms with Crippen molar-refractivity contribution in [1.29, 1.82) is 0 Å². The molecule has 4 amide bonds. The molecule has 0 saturated carbocycles. The van der Waals surface area contributed by atoms with Gasteiger partial charge in [0.25, 0.3) is 17.4 Å². The third-order valence-electron chi connectivity index (χ3n) is 12.0. The number of imide groups is 2. The highest BCUT2D eigenvalue weighted by molar-refractivity contribution is 6.25. The maximum Gasteiger partial charge on any atom is 0.278 e. The van der Waals surface area contributed by atoms with E-state index in [1.54, 1.807) is 29.0 Å². The Bertz CT molecular complexity index is 2610. The standard InChI is InChI=1S/C44H47N11O6.C2H6/c1-2-20-53-41(59)31-26-46-44(50-39(31)55(53)35-17-10-27-9-16-34(56)38(27)48-35)47-28-11-13-29(14-12-28)52-24-22-51(23-25-52)21-5-3-4-19-45-32-8-6-7-30-37(32)43(61)54(42(30)60)33-15-18-36(57)49-40(33)58;1-2/h2,6-8,10-14,17,26,33-34,45,56H,1,3-5,9,15-16,18-25H2,(H,46,47,50)(H,49,57,58);1-2H3. The summed E-state index contributed by atoms with van der Waals surface area (Å²) in [5, 5.41) is 19.7. The van der Waals surface area contributed by atoms with E-state index in [0.29, 0.717) is 47.1 Å². The predicted octanol–water partition coefficient (Wildman–Crippen LogP) is 4.72. The van der Waals surface area contributed by atoms with Crippen LogP contribution < -0.4 is 26.4 Å². The van der Waals surface area contributed by atoms with Gasteiger partial charge in [-0.05, 0) is 86.7 Å². The van der Waals surface area contributed by atoms with Crippen LogP contribution in [0.5, 0.6) is 0 Å². The van der Waals surface area contributed by atoms with Crippen molar-refractivity contribution in [3.63, 3.8) is 0 Å². The van der Waals surface area contributed by atoms with Crippen molar-refractivity contribution in [2.45, 2.75) is 77.5 Å². The maximum atomic E-state index is 13.4. The van der Waals surface area contributed by atoms with Crippen LogP contribution in [0.15, 0.2) is 78.2 Å². The molecule has 2 unspecified atom stereocenters. The molecule has 3 aliphatic heterocycles. The lowest BCUT2D eigenvalue weighted by molar-refractivity contribution is -0.136. The summed E-state index contributed by atoms with van der Waals surface area (Å²) in [4.78, 5) is 83.8. The van der Waals surface area contributed by atoms with Gasteiger partial charge in [0.15, 0.2) is 11.5 Å². The first-order valence-electron chi connectivity index (χ1n) is 21.9. The summed E-state index contributed by atoms with van der Waals surface area (Å²) in [7, 11) is 0. The summed E-state index contributed by atoms with van der Waals surface area (Å²) in [5.74, 6) is -1.21. The Morgan fingerprint density at radius 2 is 1.68 bits per heavy atom. The van der Waals surface area contributed by atoms with Crippen LogP contribution >= 0.6 is 0 Å². The lowest BCUT2D eigenvalue weighted by atomic mass is 10.0. The molecule has 17 nitrogen and oxygen atoms in total. The number of aryl methyl sites for hydroxylation is 1. The van der Waals surface area contributed by atoms with Gasteiger partial charge in [0.05, 0.1) is 29.5 Å². The van der Waals surface area contributed by atoms with Crippen LogP contribution in [0.4, 0.5) is 23.0 Å². The summed E-state index contributed by atoms with van der Waals surface area (Å²) in [6.45, 7) is 13.4. The molecule has 4 N–H and O–H groups in total. The lowest BCUT2D eigenvalue weighted by Gasteiger charge is -2.36. The molecule has 6 heterocycles. The number of aliphatic hydroxyl groups is 1. The molecule has 17 heteroatoms. The minimum absolute atomic E-state index is 0.0814. The van der Waals surface area contributed by atoms with Crippen LogP contribution in [-0.2, 0) is 22.6 Å². The number of aromatic nitrogens is 5. The van der Waals surface area contributed by atoms with Gasteiger partial charge >= 0.3 is 0 Å². The van der Waals surface area contributed by atoms with E-state index in [9.17, 15) is 29.1 Å². The van der Waals surface area contributed by atoms with E-state index in [1.165, 1.54) is 10.9 Å². The number of pyridine rings is 1. The largest absolute Gasteiger partial charge is 0.387 e. The molecular weight excluding hydrogens is 803 g/mol. The predicted molar refractivity (Wildman–Crippen MR) is 240 cm³/mol. The first-order chi connectivity index (χ1) is 30.7. The number of nitrogens with zero attached hydrogens (tertiary/aromatic N) is 8. The number of anilines is 4. The highest BCUT2D eigenvalue weighted by Crippen LogP contribution is 2.33. The number of amides is 4. The van der Waals surface area contributed by atoms with Crippen LogP contribution in [0, 0.1) is 0 Å². The first kappa shape index (κ1) is 42.9. The van der Waals surface area contributed by atoms with Crippen LogP contribution in [0.1, 0.15) is 90.4 Å². The fourth-order valence-corrected chi connectivity index (χ4v) is 8.79. The number of hydrogen-bond donors (Lipinski definition) is 4. The van der Waals surface area contributed by atoms with Gasteiger partial charge < -0.3 is 20.6 Å².